The van der Waals surface area contributed by atoms with Crippen molar-refractivity contribution in [3.63, 3.8) is 0 Å². The molecule has 124 valence electrons. The molecule has 25 heavy (non-hydrogen) atoms. The second-order valence-corrected chi connectivity index (χ2v) is 5.50. The Morgan fingerprint density at radius 2 is 1.68 bits per heavy atom. The van der Waals surface area contributed by atoms with Crippen LogP contribution in [-0.4, -0.2) is 18.7 Å². The van der Waals surface area contributed by atoms with Crippen LogP contribution in [0.3, 0.4) is 0 Å². The van der Waals surface area contributed by atoms with Crippen molar-refractivity contribution in [3.8, 4) is 0 Å². The summed E-state index contributed by atoms with van der Waals surface area (Å²) < 4.78 is 0. The molecular weight excluding hydrogens is 310 g/mol. The molecule has 4 nitrogen and oxygen atoms in total. The van der Waals surface area contributed by atoms with Gasteiger partial charge >= 0.3 is 0 Å². The molecule has 0 unspecified atom stereocenters. The summed E-state index contributed by atoms with van der Waals surface area (Å²) in [5.41, 5.74) is 4.48. The molecule has 2 N–H and O–H groups in total. The number of rotatable bonds is 6. The molecular formula is C21H19N3O. The Bertz CT molecular complexity index is 901. The zero-order valence-corrected chi connectivity index (χ0v) is 13.7. The van der Waals surface area contributed by atoms with Gasteiger partial charge in [0.25, 0.3) is 5.91 Å². The Morgan fingerprint density at radius 3 is 2.52 bits per heavy atom. The number of hydrazone groups is 1. The van der Waals surface area contributed by atoms with Crippen LogP contribution >= 0.6 is 0 Å². The molecule has 0 radical (unpaired) electrons. The quantitative estimate of drug-likeness (QED) is 0.529. The van der Waals surface area contributed by atoms with Crippen molar-refractivity contribution < 1.29 is 4.79 Å². The Balaban J connectivity index is 1.45. The van der Waals surface area contributed by atoms with E-state index in [4.69, 9.17) is 0 Å². The summed E-state index contributed by atoms with van der Waals surface area (Å²) in [4.78, 5) is 11.8. The van der Waals surface area contributed by atoms with Crippen LogP contribution in [0.4, 0.5) is 5.69 Å². The highest BCUT2D eigenvalue weighted by Crippen LogP contribution is 2.18. The van der Waals surface area contributed by atoms with Crippen molar-refractivity contribution in [1.29, 1.82) is 0 Å². The van der Waals surface area contributed by atoms with Gasteiger partial charge in [-0.1, -0.05) is 66.7 Å². The summed E-state index contributed by atoms with van der Waals surface area (Å²) in [7, 11) is 0. The van der Waals surface area contributed by atoms with Crippen LogP contribution in [0.15, 0.2) is 84.0 Å². The summed E-state index contributed by atoms with van der Waals surface area (Å²) in [5.74, 6) is -0.197. The molecule has 3 aromatic rings. The highest BCUT2D eigenvalue weighted by molar-refractivity contribution is 5.87. The van der Waals surface area contributed by atoms with Crippen LogP contribution < -0.4 is 10.7 Å². The topological polar surface area (TPSA) is 53.5 Å². The normalized spacial score (nSPS) is 11.2. The predicted octanol–water partition coefficient (Wildman–Crippen LogP) is 4.07. The molecule has 0 saturated carbocycles. The predicted molar refractivity (Wildman–Crippen MR) is 105 cm³/mol. The number of benzene rings is 3. The van der Waals surface area contributed by atoms with Gasteiger partial charge < -0.3 is 5.32 Å². The van der Waals surface area contributed by atoms with Crippen molar-refractivity contribution >= 4 is 34.7 Å². The van der Waals surface area contributed by atoms with E-state index in [0.29, 0.717) is 0 Å². The zero-order valence-electron chi connectivity index (χ0n) is 13.7. The summed E-state index contributed by atoms with van der Waals surface area (Å²) in [6.45, 7) is 0.165. The lowest BCUT2D eigenvalue weighted by molar-refractivity contribution is -0.119. The molecule has 3 rings (SSSR count). The Morgan fingerprint density at radius 1 is 0.920 bits per heavy atom. The van der Waals surface area contributed by atoms with E-state index in [9.17, 15) is 4.79 Å². The Labute approximate surface area is 146 Å². The fourth-order valence-electron chi connectivity index (χ4n) is 2.39. The van der Waals surface area contributed by atoms with Gasteiger partial charge in [-0.25, -0.2) is 5.43 Å². The highest BCUT2D eigenvalue weighted by Gasteiger charge is 2.00. The minimum absolute atomic E-state index is 0.165. The van der Waals surface area contributed by atoms with Crippen LogP contribution in [0.25, 0.3) is 16.8 Å². The summed E-state index contributed by atoms with van der Waals surface area (Å²) >= 11 is 0. The van der Waals surface area contributed by atoms with E-state index in [1.54, 1.807) is 12.3 Å². The van der Waals surface area contributed by atoms with E-state index in [-0.39, 0.29) is 12.5 Å². The molecule has 0 aliphatic carbocycles. The number of carbonyl (C=O) groups is 1. The van der Waals surface area contributed by atoms with Crippen molar-refractivity contribution in [3.05, 3.63) is 84.4 Å². The first-order valence-corrected chi connectivity index (χ1v) is 8.07. The molecule has 0 atom stereocenters. The van der Waals surface area contributed by atoms with Gasteiger partial charge in [0.05, 0.1) is 6.54 Å². The first-order chi connectivity index (χ1) is 12.3. The maximum absolute atomic E-state index is 11.8. The van der Waals surface area contributed by atoms with Crippen LogP contribution in [0.1, 0.15) is 5.56 Å². The van der Waals surface area contributed by atoms with Crippen LogP contribution in [0, 0.1) is 0 Å². The van der Waals surface area contributed by atoms with Crippen molar-refractivity contribution in [2.45, 2.75) is 0 Å². The van der Waals surface area contributed by atoms with E-state index in [2.05, 4.69) is 21.9 Å². The first-order valence-electron chi connectivity index (χ1n) is 8.07. The SMILES string of the molecule is O=C(CNc1ccc2ccccc2c1)NN=CC=Cc1ccccc1. The summed E-state index contributed by atoms with van der Waals surface area (Å²) in [6, 6.07) is 24.0. The summed E-state index contributed by atoms with van der Waals surface area (Å²) in [6.07, 6.45) is 5.26. The average Bonchev–Trinajstić information content (AvgIpc) is 2.67. The molecule has 1 amide bonds. The highest BCUT2D eigenvalue weighted by atomic mass is 16.2. The number of hydrogen-bond donors (Lipinski definition) is 2. The monoisotopic (exact) mass is 329 g/mol. The van der Waals surface area contributed by atoms with Gasteiger partial charge in [0, 0.05) is 11.9 Å². The molecule has 0 spiro atoms. The molecule has 0 bridgehead atoms. The van der Waals surface area contributed by atoms with E-state index in [0.717, 1.165) is 16.6 Å². The van der Waals surface area contributed by atoms with Crippen molar-refractivity contribution in [2.75, 3.05) is 11.9 Å². The van der Waals surface area contributed by atoms with Gasteiger partial charge in [0.2, 0.25) is 0 Å². The number of anilines is 1. The number of nitrogens with one attached hydrogen (secondary N) is 2. The van der Waals surface area contributed by atoms with E-state index in [1.807, 2.05) is 72.8 Å². The maximum atomic E-state index is 11.8. The van der Waals surface area contributed by atoms with Gasteiger partial charge in [-0.05, 0) is 34.5 Å². The Hall–Kier alpha value is -3.40. The number of allylic oxidation sites excluding steroid dienone is 1. The molecule has 0 saturated heterocycles. The molecule has 0 aromatic heterocycles. The van der Waals surface area contributed by atoms with Crippen LogP contribution in [-0.2, 0) is 4.79 Å². The van der Waals surface area contributed by atoms with Gasteiger partial charge in [-0.2, -0.15) is 5.10 Å². The average molecular weight is 329 g/mol. The molecule has 0 aliphatic heterocycles. The van der Waals surface area contributed by atoms with Crippen LogP contribution in [0.5, 0.6) is 0 Å². The van der Waals surface area contributed by atoms with Gasteiger partial charge in [-0.3, -0.25) is 4.79 Å². The fourth-order valence-corrected chi connectivity index (χ4v) is 2.39. The van der Waals surface area contributed by atoms with Crippen LogP contribution in [0.2, 0.25) is 0 Å². The lowest BCUT2D eigenvalue weighted by Crippen LogP contribution is -2.25. The number of nitrogens with zero attached hydrogens (tertiary/aromatic N) is 1. The minimum atomic E-state index is -0.197. The number of fused-ring (bicyclic) bond motifs is 1. The third-order valence-electron chi connectivity index (χ3n) is 3.64. The number of carbonyl (C=O) groups excluding carboxylic acids is 1. The molecule has 3 aromatic carbocycles. The zero-order chi connectivity index (χ0) is 17.3. The lowest BCUT2D eigenvalue weighted by atomic mass is 10.1. The second-order valence-electron chi connectivity index (χ2n) is 5.50. The minimum Gasteiger partial charge on any atom is -0.376 e. The molecule has 0 aliphatic rings. The molecule has 0 fully saturated rings. The first kappa shape index (κ1) is 16.5. The Kier molecular flexibility index (Phi) is 5.56. The fraction of sp³-hybridized carbons (Fsp3) is 0.0476. The number of hydrogen-bond acceptors (Lipinski definition) is 3. The van der Waals surface area contributed by atoms with Crippen molar-refractivity contribution in [1.82, 2.24) is 5.43 Å². The lowest BCUT2D eigenvalue weighted by Gasteiger charge is -2.06. The summed E-state index contributed by atoms with van der Waals surface area (Å²) in [5, 5.41) is 9.31. The van der Waals surface area contributed by atoms with Crippen molar-refractivity contribution in [2.24, 2.45) is 5.10 Å². The molecule has 0 heterocycles. The van der Waals surface area contributed by atoms with Gasteiger partial charge in [0.15, 0.2) is 0 Å². The number of amides is 1. The van der Waals surface area contributed by atoms with Gasteiger partial charge in [-0.15, -0.1) is 0 Å². The second kappa shape index (κ2) is 8.45. The van der Waals surface area contributed by atoms with E-state index in [1.165, 1.54) is 5.39 Å². The standard InChI is InChI=1S/C21H19N3O/c25-21(24-23-14-6-9-17-7-2-1-3-8-17)16-22-20-13-12-18-10-4-5-11-19(18)15-20/h1-15,22H,16H2,(H,24,25). The smallest absolute Gasteiger partial charge is 0.259 e. The maximum Gasteiger partial charge on any atom is 0.259 e. The van der Waals surface area contributed by atoms with E-state index < -0.39 is 0 Å². The van der Waals surface area contributed by atoms with E-state index >= 15 is 0 Å². The third kappa shape index (κ3) is 5.04. The molecule has 4 heteroatoms. The largest absolute Gasteiger partial charge is 0.376 e. The van der Waals surface area contributed by atoms with Gasteiger partial charge in [0.1, 0.15) is 0 Å². The third-order valence-corrected chi connectivity index (χ3v) is 3.64.